The van der Waals surface area contributed by atoms with Crippen molar-refractivity contribution in [3.05, 3.63) is 29.4 Å². The number of hydrogen-bond donors (Lipinski definition) is 4. The zero-order valence-corrected chi connectivity index (χ0v) is 20.4. The molecule has 0 spiro atoms. The van der Waals surface area contributed by atoms with Crippen LogP contribution >= 0.6 is 23.5 Å². The summed E-state index contributed by atoms with van der Waals surface area (Å²) in [6, 6.07) is 0.456. The smallest absolute Gasteiger partial charge is 0.352 e. The molecule has 4 rings (SSSR count). The summed E-state index contributed by atoms with van der Waals surface area (Å²) in [6.45, 7) is 0.757. The highest BCUT2D eigenvalue weighted by molar-refractivity contribution is 8.01. The lowest BCUT2D eigenvalue weighted by Crippen LogP contribution is -2.71. The summed E-state index contributed by atoms with van der Waals surface area (Å²) in [6.07, 6.45) is 1.35. The fourth-order valence-corrected chi connectivity index (χ4v) is 5.87. The van der Waals surface area contributed by atoms with Crippen LogP contribution in [0.4, 0.5) is 5.82 Å². The molecule has 16 nitrogen and oxygen atoms in total. The lowest BCUT2D eigenvalue weighted by atomic mass is 10.0. The molecule has 6 N–H and O–H groups in total. The van der Waals surface area contributed by atoms with E-state index in [9.17, 15) is 19.5 Å². The number of carboxylic acid groups (broad SMARTS) is 1. The fraction of sp³-hybridized carbons (Fsp3) is 0.389. The Morgan fingerprint density at radius 1 is 1.44 bits per heavy atom. The largest absolute Gasteiger partial charge is 0.477 e. The number of oxime groups is 1. The molecule has 0 radical (unpaired) electrons. The van der Waals surface area contributed by atoms with Crippen molar-refractivity contribution in [3.8, 4) is 0 Å². The lowest BCUT2D eigenvalue weighted by molar-refractivity contribution is -0.150. The van der Waals surface area contributed by atoms with E-state index >= 15 is 0 Å². The van der Waals surface area contributed by atoms with Crippen LogP contribution in [0, 0.1) is 0 Å². The third kappa shape index (κ3) is 4.95. The molecule has 0 saturated carbocycles. The molecular weight excluding hydrogens is 514 g/mol. The molecule has 2 aromatic heterocycles. The summed E-state index contributed by atoms with van der Waals surface area (Å²) >= 11 is 2.57. The number of amides is 2. The molecule has 1 saturated heterocycles. The fourth-order valence-electron chi connectivity index (χ4n) is 3.48. The van der Waals surface area contributed by atoms with Gasteiger partial charge in [-0.2, -0.15) is 0 Å². The summed E-state index contributed by atoms with van der Waals surface area (Å²) in [4.78, 5) is 51.7. The predicted molar refractivity (Wildman–Crippen MR) is 127 cm³/mol. The van der Waals surface area contributed by atoms with E-state index in [1.807, 2.05) is 0 Å². The van der Waals surface area contributed by atoms with Crippen molar-refractivity contribution < 1.29 is 24.3 Å². The van der Waals surface area contributed by atoms with Crippen LogP contribution in [-0.4, -0.2) is 100 Å². The maximum absolute atomic E-state index is 13.0. The molecule has 2 aliphatic rings. The number of nitrogen functional groups attached to an aromatic ring is 1. The minimum atomic E-state index is -1.25. The van der Waals surface area contributed by atoms with Crippen LogP contribution in [0.5, 0.6) is 0 Å². The number of aromatic nitrogens is 6. The van der Waals surface area contributed by atoms with Crippen LogP contribution < -0.4 is 16.8 Å². The van der Waals surface area contributed by atoms with E-state index in [0.29, 0.717) is 29.6 Å². The normalized spacial score (nSPS) is 19.6. The first-order chi connectivity index (χ1) is 17.3. The molecular formula is C18H21N11O5S2. The summed E-state index contributed by atoms with van der Waals surface area (Å²) < 4.78 is 1.52. The zero-order chi connectivity index (χ0) is 25.8. The molecule has 2 atom stereocenters. The Kier molecular flexibility index (Phi) is 7.65. The maximum Gasteiger partial charge on any atom is 0.352 e. The molecule has 18 heteroatoms. The number of nitrogens with two attached hydrogens (primary N) is 2. The number of thioether (sulfide) groups is 2. The van der Waals surface area contributed by atoms with Crippen LogP contribution in [0.15, 0.2) is 33.8 Å². The van der Waals surface area contributed by atoms with Gasteiger partial charge in [0, 0.05) is 24.2 Å². The first-order valence-electron chi connectivity index (χ1n) is 10.4. The molecule has 2 aliphatic heterocycles. The highest BCUT2D eigenvalue weighted by atomic mass is 32.2. The monoisotopic (exact) mass is 535 g/mol. The van der Waals surface area contributed by atoms with Gasteiger partial charge in [0.25, 0.3) is 11.8 Å². The topological polar surface area (TPSA) is 230 Å². The van der Waals surface area contributed by atoms with Gasteiger partial charge in [-0.15, -0.1) is 16.9 Å². The predicted octanol–water partition coefficient (Wildman–Crippen LogP) is -2.11. The van der Waals surface area contributed by atoms with Gasteiger partial charge < -0.3 is 26.7 Å². The number of rotatable bonds is 10. The summed E-state index contributed by atoms with van der Waals surface area (Å²) in [5.74, 6) is -1.98. The molecule has 1 unspecified atom stereocenters. The van der Waals surface area contributed by atoms with E-state index in [1.54, 1.807) is 0 Å². The molecule has 4 heterocycles. The average Bonchev–Trinajstić information content (AvgIpc) is 3.30. The SMILES string of the molecule is CON=C(C(=O)NC1C(=O)N2C(C(=O)O)=C(CSc3nnnn3CCN)CS[C@@H]12)c1nccc(N)n1. The van der Waals surface area contributed by atoms with Gasteiger partial charge in [-0.25, -0.2) is 19.4 Å². The van der Waals surface area contributed by atoms with Crippen LogP contribution in [0.2, 0.25) is 0 Å². The van der Waals surface area contributed by atoms with Crippen LogP contribution in [0.1, 0.15) is 5.82 Å². The Morgan fingerprint density at radius 2 is 2.25 bits per heavy atom. The second-order valence-corrected chi connectivity index (χ2v) is 9.36. The van der Waals surface area contributed by atoms with Crippen LogP contribution in [0.3, 0.4) is 0 Å². The van der Waals surface area contributed by atoms with E-state index in [-0.39, 0.29) is 28.8 Å². The minimum absolute atomic E-state index is 0.0864. The number of fused-ring (bicyclic) bond motifs is 1. The molecule has 2 aromatic rings. The van der Waals surface area contributed by atoms with E-state index in [2.05, 4.69) is 36.0 Å². The second kappa shape index (κ2) is 10.9. The van der Waals surface area contributed by atoms with Gasteiger partial charge in [0.05, 0.1) is 6.54 Å². The third-order valence-electron chi connectivity index (χ3n) is 5.04. The highest BCUT2D eigenvalue weighted by Gasteiger charge is 2.54. The van der Waals surface area contributed by atoms with Crippen LogP contribution in [-0.2, 0) is 25.8 Å². The van der Waals surface area contributed by atoms with E-state index in [1.165, 1.54) is 52.5 Å². The van der Waals surface area contributed by atoms with E-state index < -0.39 is 29.2 Å². The quantitative estimate of drug-likeness (QED) is 0.110. The van der Waals surface area contributed by atoms with Gasteiger partial charge in [0.2, 0.25) is 10.9 Å². The van der Waals surface area contributed by atoms with Crippen molar-refractivity contribution in [3.63, 3.8) is 0 Å². The Labute approximate surface area is 211 Å². The third-order valence-corrected chi connectivity index (χ3v) is 7.42. The van der Waals surface area contributed by atoms with Gasteiger partial charge in [-0.05, 0) is 22.1 Å². The molecule has 0 aliphatic carbocycles. The first kappa shape index (κ1) is 25.3. The number of carbonyl (C=O) groups is 3. The average molecular weight is 536 g/mol. The standard InChI is InChI=1S/C18H21N11O5S2/c1-34-25-10(13-21-4-2-9(20)22-13)14(30)23-11-15(31)29-12(17(32)33)8(6-35-16(11)29)7-36-18-24-26-27-28(18)5-3-19/h2,4,11,16H,3,5-7,19H2,1H3,(H,23,30)(H,32,33)(H2,20,21,22)/t11?,16-/m0/s1. The Balaban J connectivity index is 1.49. The number of nitrogens with zero attached hydrogens (tertiary/aromatic N) is 8. The zero-order valence-electron chi connectivity index (χ0n) is 18.8. The molecule has 190 valence electrons. The number of carbonyl (C=O) groups excluding carboxylic acids is 2. The number of aliphatic carboxylic acids is 1. The second-order valence-electron chi connectivity index (χ2n) is 7.31. The van der Waals surface area contributed by atoms with Crippen molar-refractivity contribution in [1.29, 1.82) is 0 Å². The van der Waals surface area contributed by atoms with Crippen molar-refractivity contribution in [2.75, 3.05) is 30.9 Å². The number of anilines is 1. The number of tetrazole rings is 1. The Bertz CT molecular complexity index is 1250. The number of nitrogens with one attached hydrogen (secondary N) is 1. The van der Waals surface area contributed by atoms with Gasteiger partial charge in [-0.3, -0.25) is 14.5 Å². The Morgan fingerprint density at radius 3 is 2.94 bits per heavy atom. The first-order valence-corrected chi connectivity index (χ1v) is 12.4. The molecule has 36 heavy (non-hydrogen) atoms. The molecule has 1 fully saturated rings. The summed E-state index contributed by atoms with van der Waals surface area (Å²) in [7, 11) is 1.24. The van der Waals surface area contributed by atoms with Crippen molar-refractivity contribution in [1.82, 2.24) is 40.4 Å². The van der Waals surface area contributed by atoms with Crippen LogP contribution in [0.25, 0.3) is 0 Å². The molecule has 2 amide bonds. The van der Waals surface area contributed by atoms with E-state index in [4.69, 9.17) is 16.3 Å². The maximum atomic E-state index is 13.0. The lowest BCUT2D eigenvalue weighted by Gasteiger charge is -2.49. The van der Waals surface area contributed by atoms with E-state index in [0.717, 1.165) is 0 Å². The molecule has 0 bridgehead atoms. The number of β-lactam (4-membered cyclic amide) rings is 1. The van der Waals surface area contributed by atoms with Gasteiger partial charge >= 0.3 is 5.97 Å². The van der Waals surface area contributed by atoms with Gasteiger partial charge in [0.1, 0.15) is 30.0 Å². The highest BCUT2D eigenvalue weighted by Crippen LogP contribution is 2.41. The Hall–Kier alpha value is -3.77. The van der Waals surface area contributed by atoms with Crippen molar-refractivity contribution in [2.45, 2.75) is 23.1 Å². The van der Waals surface area contributed by atoms with Crippen molar-refractivity contribution in [2.24, 2.45) is 10.9 Å². The van der Waals surface area contributed by atoms with Gasteiger partial charge in [-0.1, -0.05) is 16.9 Å². The molecule has 0 aromatic carbocycles. The van der Waals surface area contributed by atoms with Gasteiger partial charge in [0.15, 0.2) is 5.82 Å². The minimum Gasteiger partial charge on any atom is -0.477 e. The number of hydrogen-bond acceptors (Lipinski definition) is 14. The summed E-state index contributed by atoms with van der Waals surface area (Å²) in [5.41, 5.74) is 11.3. The summed E-state index contributed by atoms with van der Waals surface area (Å²) in [5, 5.41) is 27.3. The van der Waals surface area contributed by atoms with Crippen molar-refractivity contribution >= 4 is 52.8 Å². The number of carboxylic acids is 1.